The van der Waals surface area contributed by atoms with Crippen molar-refractivity contribution in [2.24, 2.45) is 0 Å². The van der Waals surface area contributed by atoms with Crippen LogP contribution < -0.4 is 10.6 Å². The molecular weight excluding hydrogens is 272 g/mol. The van der Waals surface area contributed by atoms with E-state index >= 15 is 0 Å². The van der Waals surface area contributed by atoms with Crippen molar-refractivity contribution in [3.8, 4) is 0 Å². The minimum atomic E-state index is -0.0313. The van der Waals surface area contributed by atoms with E-state index in [0.29, 0.717) is 12.6 Å². The highest BCUT2D eigenvalue weighted by Gasteiger charge is 2.25. The van der Waals surface area contributed by atoms with Gasteiger partial charge in [-0.1, -0.05) is 65.7 Å². The van der Waals surface area contributed by atoms with Crippen LogP contribution in [-0.4, -0.2) is 24.0 Å². The molecule has 2 N–H and O–H groups in total. The predicted molar refractivity (Wildman–Crippen MR) is 97.2 cm³/mol. The maximum Gasteiger partial charge on any atom is 0.234 e. The van der Waals surface area contributed by atoms with Crippen LogP contribution in [0.1, 0.15) is 98.8 Å². The normalized spacial score (nSPS) is 15.3. The zero-order chi connectivity index (χ0) is 16.8. The van der Waals surface area contributed by atoms with E-state index < -0.39 is 0 Å². The Hall–Kier alpha value is -0.570. The summed E-state index contributed by atoms with van der Waals surface area (Å²) >= 11 is 0. The molecule has 0 saturated heterocycles. The molecule has 0 rings (SSSR count). The molecule has 132 valence electrons. The molecule has 3 nitrogen and oxygen atoms in total. The van der Waals surface area contributed by atoms with Gasteiger partial charge in [0.05, 0.1) is 6.54 Å². The summed E-state index contributed by atoms with van der Waals surface area (Å²) in [5, 5.41) is 6.58. The van der Waals surface area contributed by atoms with Crippen LogP contribution in [0.5, 0.6) is 0 Å². The molecule has 0 heterocycles. The fourth-order valence-electron chi connectivity index (χ4n) is 2.73. The summed E-state index contributed by atoms with van der Waals surface area (Å²) in [4.78, 5) is 12.2. The standard InChI is InChI=1S/C19H40N2O/c1-6-9-11-12-13-15-19(5,14-10-7-2)21-18(22)16-20-17(4)8-3/h17,20H,6-16H2,1-5H3,(H,21,22)/t17-,19?/m1/s1. The van der Waals surface area contributed by atoms with Crippen molar-refractivity contribution in [2.45, 2.75) is 110 Å². The molecule has 0 radical (unpaired) electrons. The topological polar surface area (TPSA) is 41.1 Å². The third kappa shape index (κ3) is 11.1. The van der Waals surface area contributed by atoms with Gasteiger partial charge in [-0.15, -0.1) is 0 Å². The van der Waals surface area contributed by atoms with Gasteiger partial charge >= 0.3 is 0 Å². The molecule has 0 aliphatic rings. The van der Waals surface area contributed by atoms with Crippen LogP contribution in [0.25, 0.3) is 0 Å². The summed E-state index contributed by atoms with van der Waals surface area (Å²) in [6, 6.07) is 0.404. The fraction of sp³-hybridized carbons (Fsp3) is 0.947. The maximum atomic E-state index is 12.2. The van der Waals surface area contributed by atoms with Crippen molar-refractivity contribution in [2.75, 3.05) is 6.54 Å². The molecule has 0 aliphatic heterocycles. The zero-order valence-electron chi connectivity index (χ0n) is 15.8. The van der Waals surface area contributed by atoms with Gasteiger partial charge in [-0.2, -0.15) is 0 Å². The Labute approximate surface area is 139 Å². The maximum absolute atomic E-state index is 12.2. The molecule has 3 heteroatoms. The summed E-state index contributed by atoms with van der Waals surface area (Å²) in [5.74, 6) is 0.146. The Morgan fingerprint density at radius 1 is 0.955 bits per heavy atom. The summed E-state index contributed by atoms with van der Waals surface area (Å²) in [6.45, 7) is 11.4. The quantitative estimate of drug-likeness (QED) is 0.452. The molecule has 0 aromatic rings. The Balaban J connectivity index is 4.24. The van der Waals surface area contributed by atoms with E-state index in [4.69, 9.17) is 0 Å². The van der Waals surface area contributed by atoms with Crippen LogP contribution in [0.3, 0.4) is 0 Å². The molecule has 0 bridgehead atoms. The van der Waals surface area contributed by atoms with E-state index in [2.05, 4.69) is 45.3 Å². The molecule has 22 heavy (non-hydrogen) atoms. The average molecular weight is 313 g/mol. The lowest BCUT2D eigenvalue weighted by atomic mass is 9.88. The SMILES string of the molecule is CCCCCCCC(C)(CCCC)NC(=O)CN[C@H](C)CC. The van der Waals surface area contributed by atoms with Gasteiger partial charge in [-0.25, -0.2) is 0 Å². The van der Waals surface area contributed by atoms with Crippen LogP contribution in [0.15, 0.2) is 0 Å². The number of nitrogens with one attached hydrogen (secondary N) is 2. The van der Waals surface area contributed by atoms with Crippen molar-refractivity contribution in [3.05, 3.63) is 0 Å². The van der Waals surface area contributed by atoms with Gasteiger partial charge in [0.15, 0.2) is 0 Å². The highest BCUT2D eigenvalue weighted by Crippen LogP contribution is 2.22. The predicted octanol–water partition coefficient (Wildman–Crippen LogP) is 4.80. The first kappa shape index (κ1) is 21.4. The van der Waals surface area contributed by atoms with E-state index in [1.165, 1.54) is 44.9 Å². The third-order valence-electron chi connectivity index (χ3n) is 4.58. The highest BCUT2D eigenvalue weighted by molar-refractivity contribution is 5.78. The molecule has 1 amide bonds. The minimum absolute atomic E-state index is 0.0313. The molecule has 2 atom stereocenters. The first-order chi connectivity index (χ1) is 10.5. The second-order valence-corrected chi connectivity index (χ2v) is 7.07. The molecule has 0 spiro atoms. The first-order valence-electron chi connectivity index (χ1n) is 9.51. The molecular formula is C19H40N2O. The lowest BCUT2D eigenvalue weighted by Gasteiger charge is -2.31. The van der Waals surface area contributed by atoms with Crippen LogP contribution in [0.2, 0.25) is 0 Å². The summed E-state index contributed by atoms with van der Waals surface area (Å²) in [7, 11) is 0. The van der Waals surface area contributed by atoms with Gasteiger partial charge in [0.1, 0.15) is 0 Å². The Morgan fingerprint density at radius 2 is 1.55 bits per heavy atom. The number of amides is 1. The minimum Gasteiger partial charge on any atom is -0.350 e. The van der Waals surface area contributed by atoms with E-state index in [9.17, 15) is 4.79 Å². The Bertz CT molecular complexity index is 281. The van der Waals surface area contributed by atoms with Crippen LogP contribution in [0.4, 0.5) is 0 Å². The van der Waals surface area contributed by atoms with E-state index in [1.807, 2.05) is 0 Å². The molecule has 1 unspecified atom stereocenters. The van der Waals surface area contributed by atoms with Crippen molar-refractivity contribution in [1.82, 2.24) is 10.6 Å². The van der Waals surface area contributed by atoms with Crippen LogP contribution in [-0.2, 0) is 4.79 Å². The number of hydrogen-bond acceptors (Lipinski definition) is 2. The monoisotopic (exact) mass is 312 g/mol. The van der Waals surface area contributed by atoms with Crippen molar-refractivity contribution >= 4 is 5.91 Å². The van der Waals surface area contributed by atoms with E-state index in [1.54, 1.807) is 0 Å². The van der Waals surface area contributed by atoms with Gasteiger partial charge in [0.2, 0.25) is 5.91 Å². The average Bonchev–Trinajstić information content (AvgIpc) is 2.50. The molecule has 0 aliphatic carbocycles. The van der Waals surface area contributed by atoms with Crippen molar-refractivity contribution in [3.63, 3.8) is 0 Å². The number of carbonyl (C=O) groups is 1. The molecule has 0 aromatic heterocycles. The van der Waals surface area contributed by atoms with Gasteiger partial charge < -0.3 is 10.6 Å². The first-order valence-corrected chi connectivity index (χ1v) is 9.51. The lowest BCUT2D eigenvalue weighted by Crippen LogP contribution is -2.49. The number of unbranched alkanes of at least 4 members (excludes halogenated alkanes) is 5. The molecule has 0 fully saturated rings. The van der Waals surface area contributed by atoms with Crippen molar-refractivity contribution < 1.29 is 4.79 Å². The lowest BCUT2D eigenvalue weighted by molar-refractivity contribution is -0.122. The van der Waals surface area contributed by atoms with Gasteiger partial charge in [-0.05, 0) is 33.1 Å². The van der Waals surface area contributed by atoms with Gasteiger partial charge in [0, 0.05) is 11.6 Å². The largest absolute Gasteiger partial charge is 0.350 e. The van der Waals surface area contributed by atoms with Crippen LogP contribution >= 0.6 is 0 Å². The zero-order valence-corrected chi connectivity index (χ0v) is 15.8. The van der Waals surface area contributed by atoms with E-state index in [0.717, 1.165) is 19.3 Å². The summed E-state index contributed by atoms with van der Waals surface area (Å²) in [6.07, 6.45) is 12.1. The highest BCUT2D eigenvalue weighted by atomic mass is 16.2. The van der Waals surface area contributed by atoms with Gasteiger partial charge in [0.25, 0.3) is 0 Å². The van der Waals surface area contributed by atoms with Crippen LogP contribution in [0, 0.1) is 0 Å². The second kappa shape index (κ2) is 12.9. The van der Waals surface area contributed by atoms with Gasteiger partial charge in [-0.3, -0.25) is 4.79 Å². The van der Waals surface area contributed by atoms with Crippen molar-refractivity contribution in [1.29, 1.82) is 0 Å². The smallest absolute Gasteiger partial charge is 0.234 e. The Kier molecular flexibility index (Phi) is 12.6. The number of rotatable bonds is 14. The second-order valence-electron chi connectivity index (χ2n) is 7.07. The van der Waals surface area contributed by atoms with E-state index in [-0.39, 0.29) is 11.4 Å². The number of hydrogen-bond donors (Lipinski definition) is 2. The summed E-state index contributed by atoms with van der Waals surface area (Å²) < 4.78 is 0. The molecule has 0 saturated carbocycles. The fourth-order valence-corrected chi connectivity index (χ4v) is 2.73. The molecule has 0 aromatic carbocycles. The third-order valence-corrected chi connectivity index (χ3v) is 4.58. The number of carbonyl (C=O) groups excluding carboxylic acids is 1. The summed E-state index contributed by atoms with van der Waals surface area (Å²) in [5.41, 5.74) is -0.0313. The Morgan fingerprint density at radius 3 is 2.14 bits per heavy atom.